The van der Waals surface area contributed by atoms with Crippen LogP contribution in [0.2, 0.25) is 0 Å². The van der Waals surface area contributed by atoms with Crippen molar-refractivity contribution >= 4 is 22.5 Å². The summed E-state index contributed by atoms with van der Waals surface area (Å²) in [6, 6.07) is 8.51. The summed E-state index contributed by atoms with van der Waals surface area (Å²) in [5, 5.41) is 13.3. The molecule has 146 valence electrons. The molecule has 1 amide bonds. The topological polar surface area (TPSA) is 72.3 Å². The molecule has 1 aromatic heterocycles. The monoisotopic (exact) mass is 385 g/mol. The van der Waals surface area contributed by atoms with Crippen LogP contribution in [0.1, 0.15) is 12.8 Å². The number of rotatable bonds is 4. The third-order valence-electron chi connectivity index (χ3n) is 5.40. The van der Waals surface area contributed by atoms with Crippen LogP contribution in [0.15, 0.2) is 30.5 Å². The minimum atomic E-state index is -1.12. The largest absolute Gasteiger partial charge is 0.380 e. The molecule has 2 aromatic rings. The van der Waals surface area contributed by atoms with Crippen LogP contribution in [0.5, 0.6) is 0 Å². The van der Waals surface area contributed by atoms with Gasteiger partial charge in [0.25, 0.3) is 0 Å². The molecule has 6 nitrogen and oxygen atoms in total. The van der Waals surface area contributed by atoms with E-state index in [4.69, 9.17) is 5.26 Å². The van der Waals surface area contributed by atoms with Crippen molar-refractivity contribution in [2.24, 2.45) is 0 Å². The molecule has 1 N–H and O–H groups in total. The molecule has 2 aliphatic rings. The number of carbonyl (C=O) groups is 1. The van der Waals surface area contributed by atoms with Gasteiger partial charge >= 0.3 is 0 Å². The van der Waals surface area contributed by atoms with Crippen molar-refractivity contribution in [2.75, 3.05) is 31.5 Å². The predicted octanol–water partition coefficient (Wildman–Crippen LogP) is 2.32. The lowest BCUT2D eigenvalue weighted by atomic mass is 10.1. The summed E-state index contributed by atoms with van der Waals surface area (Å²) in [5.41, 5.74) is 1.53. The van der Waals surface area contributed by atoms with Crippen LogP contribution in [-0.4, -0.2) is 65.1 Å². The first-order valence-corrected chi connectivity index (χ1v) is 9.40. The SMILES string of the molecule is N#CC1C[C@H](F)CN1C(=O)CN1CC[C@H](Nc2cccc3ncc(F)cc23)C1. The Morgan fingerprint density at radius 3 is 3.07 bits per heavy atom. The van der Waals surface area contributed by atoms with Crippen molar-refractivity contribution in [1.82, 2.24) is 14.8 Å². The highest BCUT2D eigenvalue weighted by Crippen LogP contribution is 2.25. The zero-order valence-electron chi connectivity index (χ0n) is 15.3. The van der Waals surface area contributed by atoms with Crippen LogP contribution < -0.4 is 5.32 Å². The molecule has 1 aromatic carbocycles. The smallest absolute Gasteiger partial charge is 0.237 e. The first-order chi connectivity index (χ1) is 13.5. The zero-order valence-corrected chi connectivity index (χ0v) is 15.3. The first kappa shape index (κ1) is 18.6. The molecular formula is C20H21F2N5O. The number of halogens is 2. The van der Waals surface area contributed by atoms with Crippen molar-refractivity contribution in [3.05, 3.63) is 36.3 Å². The van der Waals surface area contributed by atoms with E-state index in [1.807, 2.05) is 29.2 Å². The fourth-order valence-corrected chi connectivity index (χ4v) is 4.03. The summed E-state index contributed by atoms with van der Waals surface area (Å²) in [6.07, 6.45) is 1.00. The second-order valence-corrected chi connectivity index (χ2v) is 7.41. The molecule has 2 aliphatic heterocycles. The first-order valence-electron chi connectivity index (χ1n) is 9.40. The lowest BCUT2D eigenvalue weighted by Crippen LogP contribution is -2.42. The fraction of sp³-hybridized carbons (Fsp3) is 0.450. The molecule has 8 heteroatoms. The van der Waals surface area contributed by atoms with E-state index in [2.05, 4.69) is 10.3 Å². The van der Waals surface area contributed by atoms with E-state index in [9.17, 15) is 13.6 Å². The average molecular weight is 385 g/mol. The van der Waals surface area contributed by atoms with Crippen molar-refractivity contribution in [3.8, 4) is 6.07 Å². The van der Waals surface area contributed by atoms with Crippen LogP contribution >= 0.6 is 0 Å². The van der Waals surface area contributed by atoms with Gasteiger partial charge in [0.05, 0.1) is 30.9 Å². The molecule has 0 saturated carbocycles. The zero-order chi connectivity index (χ0) is 19.7. The number of amides is 1. The minimum absolute atomic E-state index is 0.00114. The number of nitrogens with one attached hydrogen (secondary N) is 1. The van der Waals surface area contributed by atoms with Crippen molar-refractivity contribution in [1.29, 1.82) is 5.26 Å². The third-order valence-corrected chi connectivity index (χ3v) is 5.40. The molecule has 28 heavy (non-hydrogen) atoms. The summed E-state index contributed by atoms with van der Waals surface area (Å²) in [5.74, 6) is -0.590. The molecule has 4 rings (SSSR count). The number of fused-ring (bicyclic) bond motifs is 1. The molecule has 0 spiro atoms. The molecule has 0 aliphatic carbocycles. The van der Waals surface area contributed by atoms with Gasteiger partial charge in [-0.2, -0.15) is 5.26 Å². The number of hydrogen-bond donors (Lipinski definition) is 1. The number of pyridine rings is 1. The van der Waals surface area contributed by atoms with Crippen LogP contribution in [0.25, 0.3) is 10.9 Å². The van der Waals surface area contributed by atoms with Crippen molar-refractivity contribution in [3.63, 3.8) is 0 Å². The molecule has 2 saturated heterocycles. The van der Waals surface area contributed by atoms with Gasteiger partial charge in [0.2, 0.25) is 5.91 Å². The summed E-state index contributed by atoms with van der Waals surface area (Å²) >= 11 is 0. The highest BCUT2D eigenvalue weighted by molar-refractivity contribution is 5.91. The maximum Gasteiger partial charge on any atom is 0.237 e. The Morgan fingerprint density at radius 1 is 1.39 bits per heavy atom. The van der Waals surface area contributed by atoms with Gasteiger partial charge in [0.1, 0.15) is 18.0 Å². The van der Waals surface area contributed by atoms with E-state index < -0.39 is 12.2 Å². The number of nitrogens with zero attached hydrogens (tertiary/aromatic N) is 4. The molecule has 3 heterocycles. The van der Waals surface area contributed by atoms with Gasteiger partial charge in [-0.25, -0.2) is 8.78 Å². The van der Waals surface area contributed by atoms with Gasteiger partial charge in [-0.05, 0) is 24.6 Å². The highest BCUT2D eigenvalue weighted by Gasteiger charge is 2.36. The Balaban J connectivity index is 1.38. The molecule has 0 radical (unpaired) electrons. The number of likely N-dealkylation sites (tertiary alicyclic amines) is 2. The maximum atomic E-state index is 13.6. The molecule has 3 atom stereocenters. The number of anilines is 1. The van der Waals surface area contributed by atoms with E-state index in [0.29, 0.717) is 12.1 Å². The van der Waals surface area contributed by atoms with E-state index >= 15 is 0 Å². The minimum Gasteiger partial charge on any atom is -0.380 e. The average Bonchev–Trinajstić information content (AvgIpc) is 3.28. The third kappa shape index (κ3) is 3.76. The normalized spacial score (nSPS) is 25.2. The number of alkyl halides is 1. The second kappa shape index (κ2) is 7.68. The lowest BCUT2D eigenvalue weighted by molar-refractivity contribution is -0.132. The van der Waals surface area contributed by atoms with Gasteiger partial charge in [0, 0.05) is 36.6 Å². The quantitative estimate of drug-likeness (QED) is 0.875. The maximum absolute atomic E-state index is 13.6. The Kier molecular flexibility index (Phi) is 5.09. The molecule has 2 fully saturated rings. The Bertz CT molecular complexity index is 930. The summed E-state index contributed by atoms with van der Waals surface area (Å²) in [4.78, 5) is 19.9. The summed E-state index contributed by atoms with van der Waals surface area (Å²) in [6.45, 7) is 1.55. The van der Waals surface area contributed by atoms with E-state index in [-0.39, 0.29) is 37.3 Å². The molecule has 0 bridgehead atoms. The summed E-state index contributed by atoms with van der Waals surface area (Å²) < 4.78 is 27.1. The van der Waals surface area contributed by atoms with Crippen LogP contribution in [0, 0.1) is 17.1 Å². The Morgan fingerprint density at radius 2 is 2.25 bits per heavy atom. The van der Waals surface area contributed by atoms with Crippen molar-refractivity contribution < 1.29 is 13.6 Å². The number of hydrogen-bond acceptors (Lipinski definition) is 5. The van der Waals surface area contributed by atoms with Gasteiger partial charge in [0.15, 0.2) is 0 Å². The Hall–Kier alpha value is -2.79. The number of carbonyl (C=O) groups excluding carboxylic acids is 1. The van der Waals surface area contributed by atoms with E-state index in [0.717, 1.165) is 24.0 Å². The second-order valence-electron chi connectivity index (χ2n) is 7.41. The van der Waals surface area contributed by atoms with Crippen LogP contribution in [0.3, 0.4) is 0 Å². The highest BCUT2D eigenvalue weighted by atomic mass is 19.1. The number of aromatic nitrogens is 1. The summed E-state index contributed by atoms with van der Waals surface area (Å²) in [7, 11) is 0. The van der Waals surface area contributed by atoms with Gasteiger partial charge < -0.3 is 10.2 Å². The predicted molar refractivity (Wildman–Crippen MR) is 101 cm³/mol. The van der Waals surface area contributed by atoms with E-state index in [1.165, 1.54) is 17.2 Å². The van der Waals surface area contributed by atoms with Gasteiger partial charge in [-0.3, -0.25) is 14.7 Å². The van der Waals surface area contributed by atoms with Crippen LogP contribution in [0.4, 0.5) is 14.5 Å². The lowest BCUT2D eigenvalue weighted by Gasteiger charge is -2.23. The van der Waals surface area contributed by atoms with Gasteiger partial charge in [-0.1, -0.05) is 6.07 Å². The number of nitriles is 1. The van der Waals surface area contributed by atoms with Gasteiger partial charge in [-0.15, -0.1) is 0 Å². The molecule has 1 unspecified atom stereocenters. The number of benzene rings is 1. The van der Waals surface area contributed by atoms with Crippen molar-refractivity contribution in [2.45, 2.75) is 31.1 Å². The Labute approximate surface area is 161 Å². The fourth-order valence-electron chi connectivity index (χ4n) is 4.03. The molecular weight excluding hydrogens is 364 g/mol. The standard InChI is InChI=1S/C20H21F2N5O/c21-13-7-17-18(24-9-13)2-1-3-19(17)25-15-4-5-26(11-15)12-20(28)27-10-14(22)6-16(27)8-23/h1-3,7,9,14-16,25H,4-6,10-12H2/t14-,15-,16?/m0/s1. The van der Waals surface area contributed by atoms with Crippen LogP contribution in [-0.2, 0) is 4.79 Å². The van der Waals surface area contributed by atoms with E-state index in [1.54, 1.807) is 0 Å².